The number of para-hydroxylation sites is 3. The van der Waals surface area contributed by atoms with E-state index >= 15 is 0 Å². The Kier molecular flexibility index (Phi) is 9.46. The number of imidazole rings is 1. The van der Waals surface area contributed by atoms with Crippen LogP contribution in [0, 0.1) is 0 Å². The van der Waals surface area contributed by atoms with Gasteiger partial charge in [-0.05, 0) is 89.0 Å². The van der Waals surface area contributed by atoms with Gasteiger partial charge in [-0.3, -0.25) is 4.98 Å². The van der Waals surface area contributed by atoms with Gasteiger partial charge in [-0.25, -0.2) is 4.98 Å². The Morgan fingerprint density at radius 1 is 0.485 bits per heavy atom. The lowest BCUT2D eigenvalue weighted by Crippen LogP contribution is -2.78. The van der Waals surface area contributed by atoms with Crippen LogP contribution >= 0.6 is 0 Å². The van der Waals surface area contributed by atoms with Crippen molar-refractivity contribution >= 4 is 90.6 Å². The average Bonchev–Trinajstić information content (AvgIpc) is 3.95. The van der Waals surface area contributed by atoms with Crippen molar-refractivity contribution in [2.45, 2.75) is 5.92 Å². The second-order valence-electron chi connectivity index (χ2n) is 18.1. The van der Waals surface area contributed by atoms with Crippen LogP contribution in [-0.4, -0.2) is 30.7 Å². The average molecular weight is 904 g/mol. The fourth-order valence-electron chi connectivity index (χ4n) is 11.7. The Labute approximate surface area is 397 Å². The monoisotopic (exact) mass is 903 g/mol. The van der Waals surface area contributed by atoms with Gasteiger partial charge in [0.25, 0.3) is 0 Å². The van der Waals surface area contributed by atoms with Gasteiger partial charge in [-0.2, -0.15) is 0 Å². The summed E-state index contributed by atoms with van der Waals surface area (Å²) in [5, 5.41) is 12.9. The van der Waals surface area contributed by atoms with Crippen LogP contribution in [0.2, 0.25) is 0 Å². The van der Waals surface area contributed by atoms with Crippen molar-refractivity contribution in [3.63, 3.8) is 0 Å². The molecule has 4 nitrogen and oxygen atoms in total. The predicted molar refractivity (Wildman–Crippen MR) is 286 cm³/mol. The number of hydrogen-bond donors (Lipinski definition) is 0. The lowest BCUT2D eigenvalue weighted by atomic mass is 9.87. The number of pyridine rings is 1. The first-order chi connectivity index (χ1) is 33.6. The van der Waals surface area contributed by atoms with E-state index in [1.165, 1.54) is 52.6 Å². The van der Waals surface area contributed by atoms with Gasteiger partial charge in [-0.1, -0.05) is 206 Å². The Balaban J connectivity index is 1.11. The summed E-state index contributed by atoms with van der Waals surface area (Å²) in [6, 6.07) is 90.0. The Morgan fingerprint density at radius 3 is 1.79 bits per heavy atom. The maximum atomic E-state index is 6.79. The van der Waals surface area contributed by atoms with E-state index in [9.17, 15) is 0 Å². The zero-order chi connectivity index (χ0) is 45.2. The van der Waals surface area contributed by atoms with Crippen LogP contribution in [0.1, 0.15) is 22.7 Å². The minimum absolute atomic E-state index is 0.184. The third-order valence-electron chi connectivity index (χ3n) is 14.6. The lowest BCUT2D eigenvalue weighted by molar-refractivity contribution is 0.668. The van der Waals surface area contributed by atoms with Crippen molar-refractivity contribution in [3.05, 3.63) is 266 Å². The smallest absolute Gasteiger partial charge is 0.181 e. The van der Waals surface area contributed by atoms with Crippen LogP contribution in [0.15, 0.2) is 253 Å². The quantitative estimate of drug-likeness (QED) is 0.113. The SMILES string of the molecule is Cn1c(-c2cccc([Si](c3ccccc3)(c3ccccc3)c3cccc(C4c5cc6oc7ccccc7c6cc5[Si](c5ccccc5)(c5ccccc5)c5cccnc54)c3)c2)nc2ccccc21. The maximum Gasteiger partial charge on any atom is 0.181 e. The molecule has 0 spiro atoms. The molecule has 0 N–H and O–H groups in total. The number of nitrogens with zero attached hydrogens (tertiary/aromatic N) is 3. The Hall–Kier alpha value is -8.17. The second-order valence-corrected chi connectivity index (χ2v) is 25.6. The molecule has 12 aromatic rings. The zero-order valence-corrected chi connectivity index (χ0v) is 39.5. The van der Waals surface area contributed by atoms with Gasteiger partial charge < -0.3 is 8.98 Å². The highest BCUT2D eigenvalue weighted by atomic mass is 28.3. The number of hydrogen-bond acceptors (Lipinski definition) is 3. The van der Waals surface area contributed by atoms with E-state index in [1.807, 2.05) is 6.20 Å². The van der Waals surface area contributed by atoms with E-state index in [-0.39, 0.29) is 5.92 Å². The minimum Gasteiger partial charge on any atom is -0.456 e. The molecule has 1 atom stereocenters. The maximum absolute atomic E-state index is 6.79. The highest BCUT2D eigenvalue weighted by molar-refractivity contribution is 7.21. The molecule has 13 rings (SSSR count). The highest BCUT2D eigenvalue weighted by Gasteiger charge is 2.51. The fourth-order valence-corrected chi connectivity index (χ4v) is 21.8. The summed E-state index contributed by atoms with van der Waals surface area (Å²) < 4.78 is 9.02. The number of rotatable bonds is 8. The van der Waals surface area contributed by atoms with Crippen molar-refractivity contribution in [2.75, 3.05) is 0 Å². The largest absolute Gasteiger partial charge is 0.456 e. The van der Waals surface area contributed by atoms with Gasteiger partial charge >= 0.3 is 0 Å². The van der Waals surface area contributed by atoms with Gasteiger partial charge in [-0.15, -0.1) is 0 Å². The molecule has 3 aromatic heterocycles. The second kappa shape index (κ2) is 16.0. The summed E-state index contributed by atoms with van der Waals surface area (Å²) in [5.74, 6) is 0.769. The van der Waals surface area contributed by atoms with Gasteiger partial charge in [0.15, 0.2) is 16.1 Å². The third kappa shape index (κ3) is 5.97. The van der Waals surface area contributed by atoms with Crippen LogP contribution in [0.25, 0.3) is 44.4 Å². The highest BCUT2D eigenvalue weighted by Crippen LogP contribution is 2.39. The molecule has 322 valence electrons. The van der Waals surface area contributed by atoms with E-state index in [0.717, 1.165) is 50.1 Å². The van der Waals surface area contributed by atoms with E-state index in [4.69, 9.17) is 14.4 Å². The summed E-state index contributed by atoms with van der Waals surface area (Å²) in [7, 11) is -3.94. The molecule has 1 aliphatic heterocycles. The number of aromatic nitrogens is 3. The number of aryl methyl sites for hydroxylation is 1. The molecular formula is C62H45N3OSi2. The summed E-state index contributed by atoms with van der Waals surface area (Å²) >= 11 is 0. The number of furan rings is 1. The molecule has 9 aromatic carbocycles. The molecule has 4 heterocycles. The molecular weight excluding hydrogens is 859 g/mol. The summed E-state index contributed by atoms with van der Waals surface area (Å²) in [4.78, 5) is 10.7. The van der Waals surface area contributed by atoms with Gasteiger partial charge in [0.05, 0.1) is 22.6 Å². The van der Waals surface area contributed by atoms with Gasteiger partial charge in [0.1, 0.15) is 17.0 Å². The van der Waals surface area contributed by atoms with Crippen LogP contribution in [0.3, 0.4) is 0 Å². The van der Waals surface area contributed by atoms with Crippen LogP contribution in [-0.2, 0) is 7.05 Å². The molecule has 0 saturated carbocycles. The molecule has 0 aliphatic carbocycles. The van der Waals surface area contributed by atoms with Crippen LogP contribution in [0.5, 0.6) is 0 Å². The van der Waals surface area contributed by atoms with E-state index < -0.39 is 16.1 Å². The van der Waals surface area contributed by atoms with Crippen molar-refractivity contribution in [3.8, 4) is 11.4 Å². The van der Waals surface area contributed by atoms with Crippen molar-refractivity contribution < 1.29 is 4.42 Å². The molecule has 0 fully saturated rings. The van der Waals surface area contributed by atoms with Gasteiger partial charge in [0.2, 0.25) is 0 Å². The van der Waals surface area contributed by atoms with E-state index in [0.29, 0.717) is 0 Å². The van der Waals surface area contributed by atoms with Gasteiger partial charge in [0, 0.05) is 29.6 Å². The van der Waals surface area contributed by atoms with Crippen LogP contribution < -0.4 is 41.5 Å². The molecule has 1 unspecified atom stereocenters. The van der Waals surface area contributed by atoms with E-state index in [1.54, 1.807) is 0 Å². The van der Waals surface area contributed by atoms with Crippen molar-refractivity contribution in [1.29, 1.82) is 0 Å². The lowest BCUT2D eigenvalue weighted by Gasteiger charge is -2.43. The number of benzene rings is 9. The summed E-state index contributed by atoms with van der Waals surface area (Å²) in [5.41, 5.74) is 8.54. The molecule has 68 heavy (non-hydrogen) atoms. The van der Waals surface area contributed by atoms with Crippen molar-refractivity contribution in [1.82, 2.24) is 14.5 Å². The number of fused-ring (bicyclic) bond motifs is 6. The Bertz CT molecular complexity index is 3750. The topological polar surface area (TPSA) is 43.9 Å². The Morgan fingerprint density at radius 2 is 1.09 bits per heavy atom. The molecule has 0 saturated heterocycles. The first-order valence-electron chi connectivity index (χ1n) is 23.4. The standard InChI is InChI=1S/C62H45N3OSi2/c1-65-55-35-16-15-34-54(55)64-62(65)44-22-19-32-50(40-44)67(45-23-6-2-7-24-45,46-25-8-3-9-26-46)49-31-18-21-43(39-49)60-53-41-57-52(51-33-14-17-36-56(51)66-57)42-59(53)68(47-27-10-4-11-28-47,48-29-12-5-13-30-48)58-37-20-38-63-61(58)60/h2-42,60H,1H3. The first kappa shape index (κ1) is 40.1. The van der Waals surface area contributed by atoms with Crippen molar-refractivity contribution in [2.24, 2.45) is 7.05 Å². The summed E-state index contributed by atoms with van der Waals surface area (Å²) in [6.07, 6.45) is 2.00. The third-order valence-corrected chi connectivity index (χ3v) is 24.2. The molecule has 0 radical (unpaired) electrons. The molecule has 0 bridgehead atoms. The minimum atomic E-state index is -3.07. The van der Waals surface area contributed by atoms with Crippen LogP contribution in [0.4, 0.5) is 0 Å². The zero-order valence-electron chi connectivity index (χ0n) is 37.5. The molecule has 1 aliphatic rings. The molecule has 6 heteroatoms. The predicted octanol–water partition coefficient (Wildman–Crippen LogP) is 8.78. The normalized spacial score (nSPS) is 14.2. The molecule has 0 amide bonds. The van der Waals surface area contributed by atoms with E-state index in [2.05, 4.69) is 254 Å². The first-order valence-corrected chi connectivity index (χ1v) is 27.4. The summed E-state index contributed by atoms with van der Waals surface area (Å²) in [6.45, 7) is 0. The fraction of sp³-hybridized carbons (Fsp3) is 0.0323.